The van der Waals surface area contributed by atoms with Crippen molar-refractivity contribution in [2.45, 2.75) is 57.7 Å². The van der Waals surface area contributed by atoms with Gasteiger partial charge in [0.2, 0.25) is 0 Å². The van der Waals surface area contributed by atoms with Gasteiger partial charge in [0.25, 0.3) is 0 Å². The number of methoxy groups -OCH3 is 1. The molecule has 2 fully saturated rings. The first-order chi connectivity index (χ1) is 25.1. The smallest absolute Gasteiger partial charge is 0.465 e. The largest absolute Gasteiger partial charge is 0.523 e. The number of benzene rings is 4. The normalized spacial score (nSPS) is 21.1. The topological polar surface area (TPSA) is 167 Å². The number of hydrogen-bond donors (Lipinski definition) is 4. The average Bonchev–Trinajstić information content (AvgIpc) is 3.97. The van der Waals surface area contributed by atoms with E-state index in [1.807, 2.05) is 38.1 Å². The van der Waals surface area contributed by atoms with E-state index in [9.17, 15) is 19.5 Å². The van der Waals surface area contributed by atoms with Crippen LogP contribution in [0.15, 0.2) is 72.8 Å². The van der Waals surface area contributed by atoms with E-state index in [4.69, 9.17) is 20.4 Å². The number of hydrogen-bond acceptors (Lipinski definition) is 7. The van der Waals surface area contributed by atoms with Crippen LogP contribution in [0.4, 0.5) is 9.59 Å². The van der Waals surface area contributed by atoms with Gasteiger partial charge >= 0.3 is 18.1 Å². The molecule has 4 atom stereocenters. The number of carbonyl (C=O) groups excluding carboxylic acids is 2. The Hall–Kier alpha value is -5.59. The molecule has 0 radical (unpaired) electrons. The zero-order valence-corrected chi connectivity index (χ0v) is 29.4. The summed E-state index contributed by atoms with van der Waals surface area (Å²) in [6.07, 6.45) is 1.35. The number of carboxylic acid groups (broad SMARTS) is 1. The maximum absolute atomic E-state index is 13.8. The molecule has 6 aromatic rings. The number of quaternary nitrogens is 1. The standard InChI is InChI=1S/C40H41N7O5/c1-22(2)35(41)38(48)47(40(51)52-3)17-5-7-34(47)37-43-30-15-13-28(21-32(30)45-37)26-11-9-23-18-25(10-8-24(23)19-26)27-12-14-29-31(20-27)44-36(42-29)33-6-4-16-46(33)39(49)50/h8-15,18-22,33-35H,4-7,16-17,41H2,1-3H3,(H2-,42,43,44,45,49,50)/p+1/t33-,34-,35-,47?/m0/s1. The number of aromatic amines is 2. The van der Waals surface area contributed by atoms with Crippen LogP contribution in [0.1, 0.15) is 63.3 Å². The highest BCUT2D eigenvalue weighted by atomic mass is 16.5. The second kappa shape index (κ2) is 12.9. The molecule has 0 saturated carbocycles. The van der Waals surface area contributed by atoms with Crippen LogP contribution in [0.25, 0.3) is 55.1 Å². The number of aromatic nitrogens is 4. The third-order valence-electron chi connectivity index (χ3n) is 11.1. The van der Waals surface area contributed by atoms with E-state index in [0.29, 0.717) is 37.6 Å². The van der Waals surface area contributed by atoms with E-state index >= 15 is 0 Å². The van der Waals surface area contributed by atoms with Crippen molar-refractivity contribution in [1.29, 1.82) is 0 Å². The van der Waals surface area contributed by atoms with E-state index in [-0.39, 0.29) is 17.9 Å². The molecule has 0 spiro atoms. The molecule has 12 nitrogen and oxygen atoms in total. The highest BCUT2D eigenvalue weighted by molar-refractivity contribution is 5.93. The predicted molar refractivity (Wildman–Crippen MR) is 198 cm³/mol. The summed E-state index contributed by atoms with van der Waals surface area (Å²) in [6.45, 7) is 4.60. The van der Waals surface area contributed by atoms with Crippen molar-refractivity contribution in [3.05, 3.63) is 84.4 Å². The van der Waals surface area contributed by atoms with Crippen LogP contribution in [0.3, 0.4) is 0 Å². The summed E-state index contributed by atoms with van der Waals surface area (Å²) in [5, 5.41) is 11.8. The molecule has 4 aromatic carbocycles. The highest BCUT2D eigenvalue weighted by Crippen LogP contribution is 2.41. The minimum absolute atomic E-state index is 0.128. The van der Waals surface area contributed by atoms with Gasteiger partial charge in [0.15, 0.2) is 11.9 Å². The van der Waals surface area contributed by atoms with Gasteiger partial charge in [-0.15, -0.1) is 4.48 Å². The fraction of sp³-hybridized carbons (Fsp3) is 0.325. The molecule has 8 rings (SSSR count). The second-order valence-electron chi connectivity index (χ2n) is 14.4. The molecule has 2 aromatic heterocycles. The van der Waals surface area contributed by atoms with Crippen molar-refractivity contribution >= 4 is 50.9 Å². The monoisotopic (exact) mass is 700 g/mol. The molecule has 266 valence electrons. The Bertz CT molecular complexity index is 2380. The quantitative estimate of drug-likeness (QED) is 0.128. The van der Waals surface area contributed by atoms with Gasteiger partial charge in [0.05, 0.1) is 41.8 Å². The number of imidazole rings is 2. The highest BCUT2D eigenvalue weighted by Gasteiger charge is 2.59. The number of ether oxygens (including phenoxy) is 1. The Balaban J connectivity index is 1.07. The van der Waals surface area contributed by atoms with Crippen molar-refractivity contribution in [1.82, 2.24) is 24.8 Å². The molecule has 3 amide bonds. The minimum atomic E-state index is -0.914. The number of amides is 3. The number of nitrogens with two attached hydrogens (primary N) is 1. The number of fused-ring (bicyclic) bond motifs is 3. The van der Waals surface area contributed by atoms with Gasteiger partial charge in [0.1, 0.15) is 11.9 Å². The summed E-state index contributed by atoms with van der Waals surface area (Å²) >= 11 is 0. The Morgan fingerprint density at radius 2 is 1.38 bits per heavy atom. The van der Waals surface area contributed by atoms with Crippen molar-refractivity contribution in [2.24, 2.45) is 11.7 Å². The molecule has 4 heterocycles. The predicted octanol–water partition coefficient (Wildman–Crippen LogP) is 7.67. The van der Waals surface area contributed by atoms with Gasteiger partial charge in [-0.1, -0.05) is 50.2 Å². The van der Waals surface area contributed by atoms with Crippen LogP contribution in [0, 0.1) is 5.92 Å². The van der Waals surface area contributed by atoms with Crippen LogP contribution >= 0.6 is 0 Å². The van der Waals surface area contributed by atoms with E-state index in [2.05, 4.69) is 58.5 Å². The van der Waals surface area contributed by atoms with E-state index in [0.717, 1.165) is 67.9 Å². The molecule has 0 aliphatic carbocycles. The summed E-state index contributed by atoms with van der Waals surface area (Å²) in [5.41, 5.74) is 13.8. The Morgan fingerprint density at radius 3 is 1.96 bits per heavy atom. The Morgan fingerprint density at radius 1 is 0.827 bits per heavy atom. The van der Waals surface area contributed by atoms with Gasteiger partial charge in [0, 0.05) is 19.4 Å². The number of H-pyrrole nitrogens is 2. The first-order valence-electron chi connectivity index (χ1n) is 17.9. The molecule has 2 aliphatic rings. The molecule has 2 aliphatic heterocycles. The number of nitrogens with one attached hydrogen (secondary N) is 2. The summed E-state index contributed by atoms with van der Waals surface area (Å²) in [5.74, 6) is 0.803. The number of rotatable bonds is 6. The molecule has 52 heavy (non-hydrogen) atoms. The molecular weight excluding hydrogens is 658 g/mol. The number of likely N-dealkylation sites (tertiary alicyclic amines) is 2. The van der Waals surface area contributed by atoms with Gasteiger partial charge < -0.3 is 25.5 Å². The molecule has 1 unspecified atom stereocenters. The Kier molecular flexibility index (Phi) is 8.31. The van der Waals surface area contributed by atoms with E-state index in [1.54, 1.807) is 0 Å². The summed E-state index contributed by atoms with van der Waals surface area (Å²) in [7, 11) is 1.31. The van der Waals surface area contributed by atoms with Crippen LogP contribution in [-0.2, 0) is 9.53 Å². The molecular formula is C40H42N7O5+. The molecule has 5 N–H and O–H groups in total. The fourth-order valence-electron chi connectivity index (χ4n) is 8.16. The van der Waals surface area contributed by atoms with Crippen molar-refractivity contribution in [3.8, 4) is 22.3 Å². The third-order valence-corrected chi connectivity index (χ3v) is 11.1. The lowest BCUT2D eigenvalue weighted by Gasteiger charge is -2.34. The maximum atomic E-state index is 13.8. The number of nitrogens with zero attached hydrogens (tertiary/aromatic N) is 4. The van der Waals surface area contributed by atoms with Crippen LogP contribution in [0.5, 0.6) is 0 Å². The maximum Gasteiger partial charge on any atom is 0.523 e. The van der Waals surface area contributed by atoms with Gasteiger partial charge in [-0.2, -0.15) is 4.79 Å². The van der Waals surface area contributed by atoms with Crippen LogP contribution in [0.2, 0.25) is 0 Å². The van der Waals surface area contributed by atoms with Gasteiger partial charge in [-0.05, 0) is 88.2 Å². The fourth-order valence-corrected chi connectivity index (χ4v) is 8.16. The zero-order valence-electron chi connectivity index (χ0n) is 29.4. The summed E-state index contributed by atoms with van der Waals surface area (Å²) in [4.78, 5) is 56.6. The van der Waals surface area contributed by atoms with Crippen molar-refractivity contribution in [2.75, 3.05) is 20.2 Å². The molecule has 2 saturated heterocycles. The second-order valence-corrected chi connectivity index (χ2v) is 14.4. The minimum Gasteiger partial charge on any atom is -0.465 e. The van der Waals surface area contributed by atoms with Gasteiger partial charge in [-0.3, -0.25) is 4.90 Å². The van der Waals surface area contributed by atoms with Crippen LogP contribution in [-0.4, -0.2) is 78.8 Å². The number of imide groups is 1. The summed E-state index contributed by atoms with van der Waals surface area (Å²) < 4.78 is 4.71. The SMILES string of the molecule is COC(=O)[N+]1(C(=O)[C@@H](N)C(C)C)CCC[C@H]1c1nc2ccc(-c3ccc4cc(-c5ccc6nc([C@@H]7CCCN7C(=O)O)[nH]c6c5)ccc4c3)cc2[nH]1. The molecule has 0 bridgehead atoms. The third kappa shape index (κ3) is 5.49. The number of carbonyl (C=O) groups is 3. The van der Waals surface area contributed by atoms with Crippen molar-refractivity contribution in [3.63, 3.8) is 0 Å². The lowest BCUT2D eigenvalue weighted by atomic mass is 9.97. The molecule has 12 heteroatoms. The lowest BCUT2D eigenvalue weighted by molar-refractivity contribution is -0.802. The van der Waals surface area contributed by atoms with Crippen LogP contribution < -0.4 is 5.73 Å². The lowest BCUT2D eigenvalue weighted by Crippen LogP contribution is -2.62. The van der Waals surface area contributed by atoms with E-state index in [1.165, 1.54) is 12.0 Å². The first-order valence-corrected chi connectivity index (χ1v) is 17.9. The Labute approximate surface area is 300 Å². The van der Waals surface area contributed by atoms with E-state index < -0.39 is 28.8 Å². The van der Waals surface area contributed by atoms with Crippen molar-refractivity contribution < 1.29 is 28.7 Å². The summed E-state index contributed by atoms with van der Waals surface area (Å²) in [6, 6.07) is 23.4. The van der Waals surface area contributed by atoms with Gasteiger partial charge in [-0.25, -0.2) is 19.6 Å². The average molecular weight is 701 g/mol. The first kappa shape index (κ1) is 33.5. The zero-order chi connectivity index (χ0) is 36.3.